The van der Waals surface area contributed by atoms with Gasteiger partial charge in [0.2, 0.25) is 0 Å². The Balaban J connectivity index is 2.38. The molecule has 0 saturated heterocycles. The van der Waals surface area contributed by atoms with Gasteiger partial charge < -0.3 is 10.3 Å². The molecule has 2 N–H and O–H groups in total. The number of primary amides is 1. The summed E-state index contributed by atoms with van der Waals surface area (Å²) in [5.74, 6) is -0.475. The van der Waals surface area contributed by atoms with Crippen LogP contribution < -0.4 is 5.73 Å². The second-order valence-corrected chi connectivity index (χ2v) is 6.05. The zero-order chi connectivity index (χ0) is 17.4. The Kier molecular flexibility index (Phi) is 3.82. The van der Waals surface area contributed by atoms with Gasteiger partial charge >= 0.3 is 0 Å². The number of aromatic nitrogens is 1. The van der Waals surface area contributed by atoms with Crippen molar-refractivity contribution in [2.24, 2.45) is 17.8 Å². The van der Waals surface area contributed by atoms with Crippen LogP contribution in [0.25, 0.3) is 16.5 Å². The van der Waals surface area contributed by atoms with Crippen molar-refractivity contribution in [1.29, 1.82) is 5.26 Å². The van der Waals surface area contributed by atoms with E-state index in [9.17, 15) is 10.1 Å². The van der Waals surface area contributed by atoms with E-state index in [1.807, 2.05) is 37.7 Å². The molecule has 120 valence electrons. The Hall–Kier alpha value is -3.13. The molecule has 0 radical (unpaired) electrons. The highest BCUT2D eigenvalue weighted by Gasteiger charge is 2.20. The largest absolute Gasteiger partial charge is 0.364 e. The number of aryl methyl sites for hydroxylation is 2. The van der Waals surface area contributed by atoms with E-state index in [2.05, 4.69) is 17.1 Å². The molecule has 0 aliphatic carbocycles. The van der Waals surface area contributed by atoms with Crippen molar-refractivity contribution in [3.05, 3.63) is 52.4 Å². The Bertz CT molecular complexity index is 997. The highest BCUT2D eigenvalue weighted by Crippen LogP contribution is 2.32. The molecule has 0 saturated carbocycles. The molecule has 0 bridgehead atoms. The van der Waals surface area contributed by atoms with Crippen molar-refractivity contribution in [3.63, 3.8) is 0 Å². The molecule has 1 aliphatic rings. The fourth-order valence-corrected chi connectivity index (χ4v) is 3.21. The molecule has 5 nitrogen and oxygen atoms in total. The van der Waals surface area contributed by atoms with Gasteiger partial charge in [0.15, 0.2) is 0 Å². The van der Waals surface area contributed by atoms with Gasteiger partial charge in [-0.25, -0.2) is 0 Å². The molecular weight excluding hydrogens is 300 g/mol. The summed E-state index contributed by atoms with van der Waals surface area (Å²) in [6.07, 6.45) is 6.50. The molecule has 3 rings (SSSR count). The van der Waals surface area contributed by atoms with Crippen molar-refractivity contribution in [2.45, 2.75) is 20.3 Å². The number of allylic oxidation sites excluding steroid dienone is 3. The maximum absolute atomic E-state index is 11.8. The number of rotatable bonds is 2. The lowest BCUT2D eigenvalue weighted by molar-refractivity contribution is 0.0992. The minimum absolute atomic E-state index is 0.460. The number of nitriles is 1. The number of hydrogen-bond donors (Lipinski definition) is 1. The maximum Gasteiger partial charge on any atom is 0.265 e. The normalized spacial score (nSPS) is 14.1. The molecule has 0 spiro atoms. The summed E-state index contributed by atoms with van der Waals surface area (Å²) in [7, 11) is 1.82. The van der Waals surface area contributed by atoms with Gasteiger partial charge in [0.05, 0.1) is 17.1 Å². The van der Waals surface area contributed by atoms with Gasteiger partial charge in [-0.15, -0.1) is 0 Å². The van der Waals surface area contributed by atoms with Crippen molar-refractivity contribution in [2.75, 3.05) is 0 Å². The van der Waals surface area contributed by atoms with Gasteiger partial charge in [0.25, 0.3) is 5.91 Å². The third-order valence-corrected chi connectivity index (χ3v) is 4.37. The molecule has 24 heavy (non-hydrogen) atoms. The van der Waals surface area contributed by atoms with E-state index in [0.717, 1.165) is 39.6 Å². The minimum Gasteiger partial charge on any atom is -0.364 e. The second kappa shape index (κ2) is 5.82. The first-order chi connectivity index (χ1) is 11.4. The van der Waals surface area contributed by atoms with Crippen molar-refractivity contribution < 1.29 is 4.79 Å². The van der Waals surface area contributed by atoms with Crippen LogP contribution in [-0.2, 0) is 7.05 Å². The number of nitrogens with zero attached hydrogens (tertiary/aromatic N) is 3. The van der Waals surface area contributed by atoms with E-state index < -0.39 is 5.91 Å². The first-order valence-electron chi connectivity index (χ1n) is 7.66. The summed E-state index contributed by atoms with van der Waals surface area (Å²) in [6, 6.07) is 5.84. The highest BCUT2D eigenvalue weighted by atomic mass is 16.1. The number of carbonyl (C=O) groups is 1. The first-order valence-corrected chi connectivity index (χ1v) is 7.66. The SMILES string of the molecule is CC1=CN=CC(c2cc(C#N)cc3c(C)c(C(N)=O)n(C)c23)=CC1. The lowest BCUT2D eigenvalue weighted by Crippen LogP contribution is -2.16. The van der Waals surface area contributed by atoms with E-state index in [-0.39, 0.29) is 0 Å². The van der Waals surface area contributed by atoms with Crippen molar-refractivity contribution >= 4 is 28.6 Å². The van der Waals surface area contributed by atoms with Gasteiger partial charge in [0.1, 0.15) is 5.69 Å². The molecule has 1 aromatic carbocycles. The van der Waals surface area contributed by atoms with Crippen LogP contribution in [-0.4, -0.2) is 16.7 Å². The van der Waals surface area contributed by atoms with E-state index in [1.54, 1.807) is 12.3 Å². The molecule has 2 heterocycles. The molecular formula is C19H18N4O. The summed E-state index contributed by atoms with van der Waals surface area (Å²) in [6.45, 7) is 3.88. The Morgan fingerprint density at radius 2 is 2.12 bits per heavy atom. The Morgan fingerprint density at radius 1 is 1.38 bits per heavy atom. The average Bonchev–Trinajstić information content (AvgIpc) is 2.69. The van der Waals surface area contributed by atoms with Gasteiger partial charge in [-0.2, -0.15) is 5.26 Å². The fourth-order valence-electron chi connectivity index (χ4n) is 3.21. The van der Waals surface area contributed by atoms with Crippen LogP contribution in [0.1, 0.15) is 40.5 Å². The van der Waals surface area contributed by atoms with Crippen LogP contribution in [0.3, 0.4) is 0 Å². The molecule has 0 unspecified atom stereocenters. The van der Waals surface area contributed by atoms with E-state index >= 15 is 0 Å². The molecule has 5 heteroatoms. The molecule has 0 atom stereocenters. The van der Waals surface area contributed by atoms with Gasteiger partial charge in [0, 0.05) is 30.4 Å². The molecule has 1 aliphatic heterocycles. The smallest absolute Gasteiger partial charge is 0.265 e. The van der Waals surface area contributed by atoms with Gasteiger partial charge in [-0.3, -0.25) is 9.79 Å². The quantitative estimate of drug-likeness (QED) is 0.922. The molecule has 2 aromatic rings. The summed E-state index contributed by atoms with van der Waals surface area (Å²) in [4.78, 5) is 16.2. The summed E-state index contributed by atoms with van der Waals surface area (Å²) >= 11 is 0. The first kappa shape index (κ1) is 15.8. The predicted molar refractivity (Wildman–Crippen MR) is 95.7 cm³/mol. The lowest BCUT2D eigenvalue weighted by Gasteiger charge is -2.09. The van der Waals surface area contributed by atoms with Crippen molar-refractivity contribution in [1.82, 2.24) is 4.57 Å². The third kappa shape index (κ3) is 2.42. The fraction of sp³-hybridized carbons (Fsp3) is 0.211. The topological polar surface area (TPSA) is 84.2 Å². The monoisotopic (exact) mass is 318 g/mol. The molecule has 1 aromatic heterocycles. The zero-order valence-corrected chi connectivity index (χ0v) is 13.9. The predicted octanol–water partition coefficient (Wildman–Crippen LogP) is 3.22. The molecule has 0 fully saturated rings. The number of nitrogens with two attached hydrogens (primary N) is 1. The number of hydrogen-bond acceptors (Lipinski definition) is 3. The van der Waals surface area contributed by atoms with Crippen LogP contribution >= 0.6 is 0 Å². The molecule has 1 amide bonds. The maximum atomic E-state index is 11.8. The summed E-state index contributed by atoms with van der Waals surface area (Å²) in [5.41, 5.74) is 11.2. The number of benzene rings is 1. The van der Waals surface area contributed by atoms with Crippen LogP contribution in [0.15, 0.2) is 35.0 Å². The third-order valence-electron chi connectivity index (χ3n) is 4.37. The van der Waals surface area contributed by atoms with Crippen LogP contribution in [0, 0.1) is 18.3 Å². The van der Waals surface area contributed by atoms with E-state index in [4.69, 9.17) is 5.73 Å². The van der Waals surface area contributed by atoms with E-state index in [1.165, 1.54) is 0 Å². The van der Waals surface area contributed by atoms with Gasteiger partial charge in [-0.05, 0) is 43.5 Å². The number of aliphatic imine (C=N–C) groups is 1. The Morgan fingerprint density at radius 3 is 2.79 bits per heavy atom. The lowest BCUT2D eigenvalue weighted by atomic mass is 9.98. The zero-order valence-electron chi connectivity index (χ0n) is 13.9. The summed E-state index contributed by atoms with van der Waals surface area (Å²) in [5, 5.41) is 10.2. The summed E-state index contributed by atoms with van der Waals surface area (Å²) < 4.78 is 1.81. The number of amides is 1. The van der Waals surface area contributed by atoms with Crippen molar-refractivity contribution in [3.8, 4) is 6.07 Å². The number of fused-ring (bicyclic) bond motifs is 1. The standard InChI is InChI=1S/C19H18N4O/c1-11-4-5-14(10-22-9-11)16-7-13(8-20)6-15-12(2)17(19(21)24)23(3)18(15)16/h5-7,9-10H,4H2,1-3H3,(H2,21,24). The Labute approximate surface area is 140 Å². The van der Waals surface area contributed by atoms with Crippen LogP contribution in [0.4, 0.5) is 0 Å². The van der Waals surface area contributed by atoms with Crippen LogP contribution in [0.2, 0.25) is 0 Å². The number of carbonyl (C=O) groups excluding carboxylic acids is 1. The van der Waals surface area contributed by atoms with E-state index in [0.29, 0.717) is 11.3 Å². The van der Waals surface area contributed by atoms with Gasteiger partial charge in [-0.1, -0.05) is 11.6 Å². The van der Waals surface area contributed by atoms with Crippen LogP contribution in [0.5, 0.6) is 0 Å². The second-order valence-electron chi connectivity index (χ2n) is 6.05. The minimum atomic E-state index is -0.475. The highest BCUT2D eigenvalue weighted by molar-refractivity contribution is 6.16. The average molecular weight is 318 g/mol.